The quantitative estimate of drug-likeness (QED) is 0.867. The van der Waals surface area contributed by atoms with Gasteiger partial charge in [0.15, 0.2) is 0 Å². The van der Waals surface area contributed by atoms with Crippen molar-refractivity contribution in [3.05, 3.63) is 29.8 Å². The summed E-state index contributed by atoms with van der Waals surface area (Å²) in [6.45, 7) is 6.05. The number of carboxylic acid groups (broad SMARTS) is 1. The van der Waals surface area contributed by atoms with Crippen LogP contribution in [0.5, 0.6) is 0 Å². The molecule has 0 fully saturated rings. The van der Waals surface area contributed by atoms with Gasteiger partial charge in [0, 0.05) is 12.6 Å². The first-order valence-electron chi connectivity index (χ1n) is 5.96. The predicted molar refractivity (Wildman–Crippen MR) is 70.4 cm³/mol. The number of anilines is 1. The molecule has 0 saturated carbocycles. The molecule has 1 rings (SSSR count). The molecule has 0 heterocycles. The van der Waals surface area contributed by atoms with Crippen LogP contribution in [0.25, 0.3) is 0 Å². The lowest BCUT2D eigenvalue weighted by molar-refractivity contribution is -0.140. The van der Waals surface area contributed by atoms with Crippen LogP contribution < -0.4 is 4.90 Å². The minimum Gasteiger partial charge on any atom is -0.481 e. The second-order valence-corrected chi connectivity index (χ2v) is 4.61. The Kier molecular flexibility index (Phi) is 4.73. The Morgan fingerprint density at radius 1 is 1.39 bits per heavy atom. The monoisotopic (exact) mass is 246 g/mol. The number of hydrogen-bond acceptors (Lipinski definition) is 3. The Labute approximate surface area is 107 Å². The number of benzene rings is 1. The zero-order valence-corrected chi connectivity index (χ0v) is 10.9. The predicted octanol–water partition coefficient (Wildman–Crippen LogP) is 2.49. The van der Waals surface area contributed by atoms with Gasteiger partial charge in [-0.1, -0.05) is 19.1 Å². The van der Waals surface area contributed by atoms with Gasteiger partial charge in [-0.25, -0.2) is 0 Å². The van der Waals surface area contributed by atoms with Crippen molar-refractivity contribution in [2.24, 2.45) is 5.92 Å². The minimum absolute atomic E-state index is 0.140. The van der Waals surface area contributed by atoms with Crippen molar-refractivity contribution in [1.29, 1.82) is 5.26 Å². The number of hydrogen-bond donors (Lipinski definition) is 1. The van der Waals surface area contributed by atoms with Gasteiger partial charge in [-0.2, -0.15) is 5.26 Å². The topological polar surface area (TPSA) is 64.3 Å². The van der Waals surface area contributed by atoms with E-state index >= 15 is 0 Å². The van der Waals surface area contributed by atoms with Crippen LogP contribution in [-0.4, -0.2) is 23.7 Å². The van der Waals surface area contributed by atoms with Crippen LogP contribution in [0.1, 0.15) is 26.3 Å². The Bertz CT molecular complexity index is 463. The third-order valence-corrected chi connectivity index (χ3v) is 2.85. The maximum absolute atomic E-state index is 11.0. The molecule has 1 atom stereocenters. The minimum atomic E-state index is -0.824. The molecule has 1 N–H and O–H groups in total. The molecule has 0 radical (unpaired) electrons. The van der Waals surface area contributed by atoms with Crippen molar-refractivity contribution in [2.75, 3.05) is 11.4 Å². The summed E-state index contributed by atoms with van der Waals surface area (Å²) >= 11 is 0. The first-order valence-corrected chi connectivity index (χ1v) is 5.96. The maximum Gasteiger partial charge on any atom is 0.308 e. The fourth-order valence-corrected chi connectivity index (χ4v) is 1.78. The van der Waals surface area contributed by atoms with Gasteiger partial charge in [-0.15, -0.1) is 0 Å². The van der Waals surface area contributed by atoms with Gasteiger partial charge >= 0.3 is 5.97 Å². The molecular formula is C14H18N2O2. The maximum atomic E-state index is 11.0. The molecule has 1 aromatic rings. The summed E-state index contributed by atoms with van der Waals surface area (Å²) in [4.78, 5) is 12.9. The SMILES string of the molecule is CC(CN(c1ccccc1C#N)C(C)C)C(=O)O. The van der Waals surface area contributed by atoms with Gasteiger partial charge in [0.25, 0.3) is 0 Å². The van der Waals surface area contributed by atoms with Gasteiger partial charge < -0.3 is 10.0 Å². The van der Waals surface area contributed by atoms with Crippen LogP contribution in [0, 0.1) is 17.2 Å². The Balaban J connectivity index is 3.06. The molecular weight excluding hydrogens is 228 g/mol. The van der Waals surface area contributed by atoms with Crippen LogP contribution in [0.15, 0.2) is 24.3 Å². The fraction of sp³-hybridized carbons (Fsp3) is 0.429. The summed E-state index contributed by atoms with van der Waals surface area (Å²) in [5, 5.41) is 18.1. The fourth-order valence-electron chi connectivity index (χ4n) is 1.78. The van der Waals surface area contributed by atoms with Crippen molar-refractivity contribution < 1.29 is 9.90 Å². The van der Waals surface area contributed by atoms with E-state index in [0.717, 1.165) is 5.69 Å². The van der Waals surface area contributed by atoms with Crippen LogP contribution in [0.2, 0.25) is 0 Å². The molecule has 96 valence electrons. The van der Waals surface area contributed by atoms with E-state index in [9.17, 15) is 4.79 Å². The molecule has 4 nitrogen and oxygen atoms in total. The molecule has 1 aromatic carbocycles. The Hall–Kier alpha value is -2.02. The van der Waals surface area contributed by atoms with Crippen LogP contribution in [-0.2, 0) is 4.79 Å². The third kappa shape index (κ3) is 3.24. The van der Waals surface area contributed by atoms with Crippen molar-refractivity contribution >= 4 is 11.7 Å². The Morgan fingerprint density at radius 2 is 2.00 bits per heavy atom. The molecule has 0 saturated heterocycles. The smallest absolute Gasteiger partial charge is 0.308 e. The normalized spacial score (nSPS) is 11.9. The van der Waals surface area contributed by atoms with Gasteiger partial charge in [-0.05, 0) is 26.0 Å². The summed E-state index contributed by atoms with van der Waals surface area (Å²) in [7, 11) is 0. The van der Waals surface area contributed by atoms with Gasteiger partial charge in [0.05, 0.1) is 17.2 Å². The molecule has 0 bridgehead atoms. The first kappa shape index (κ1) is 14.0. The first-order chi connectivity index (χ1) is 8.47. The summed E-state index contributed by atoms with van der Waals surface area (Å²) in [5.74, 6) is -1.30. The standard InChI is InChI=1S/C14H18N2O2/c1-10(2)16(9-11(3)14(17)18)13-7-5-4-6-12(13)8-15/h4-7,10-11H,9H2,1-3H3,(H,17,18). The summed E-state index contributed by atoms with van der Waals surface area (Å²) < 4.78 is 0. The van der Waals surface area contributed by atoms with E-state index in [2.05, 4.69) is 6.07 Å². The third-order valence-electron chi connectivity index (χ3n) is 2.85. The second kappa shape index (κ2) is 6.06. The van der Waals surface area contributed by atoms with Gasteiger partial charge in [0.2, 0.25) is 0 Å². The Morgan fingerprint density at radius 3 is 2.50 bits per heavy atom. The molecule has 1 unspecified atom stereocenters. The zero-order valence-electron chi connectivity index (χ0n) is 10.9. The van der Waals surface area contributed by atoms with E-state index in [-0.39, 0.29) is 6.04 Å². The number of nitriles is 1. The van der Waals surface area contributed by atoms with E-state index in [4.69, 9.17) is 10.4 Å². The lowest BCUT2D eigenvalue weighted by atomic mass is 10.1. The number of para-hydroxylation sites is 1. The van der Waals surface area contributed by atoms with E-state index in [1.165, 1.54) is 0 Å². The second-order valence-electron chi connectivity index (χ2n) is 4.61. The molecule has 18 heavy (non-hydrogen) atoms. The average molecular weight is 246 g/mol. The van der Waals surface area contributed by atoms with Crippen molar-refractivity contribution in [2.45, 2.75) is 26.8 Å². The van der Waals surface area contributed by atoms with Crippen LogP contribution in [0.3, 0.4) is 0 Å². The van der Waals surface area contributed by atoms with E-state index < -0.39 is 11.9 Å². The lowest BCUT2D eigenvalue weighted by Crippen LogP contribution is -2.37. The van der Waals surface area contributed by atoms with Gasteiger partial charge in [-0.3, -0.25) is 4.79 Å². The number of carboxylic acids is 1. The highest BCUT2D eigenvalue weighted by Crippen LogP contribution is 2.23. The van der Waals surface area contributed by atoms with E-state index in [1.54, 1.807) is 19.1 Å². The molecule has 0 aliphatic heterocycles. The number of aliphatic carboxylic acids is 1. The van der Waals surface area contributed by atoms with Crippen molar-refractivity contribution in [3.8, 4) is 6.07 Å². The van der Waals surface area contributed by atoms with Crippen molar-refractivity contribution in [3.63, 3.8) is 0 Å². The number of carbonyl (C=O) groups is 1. The van der Waals surface area contributed by atoms with Gasteiger partial charge in [0.1, 0.15) is 6.07 Å². The highest BCUT2D eigenvalue weighted by atomic mass is 16.4. The molecule has 4 heteroatoms. The van der Waals surface area contributed by atoms with Crippen LogP contribution >= 0.6 is 0 Å². The highest BCUT2D eigenvalue weighted by Gasteiger charge is 2.20. The highest BCUT2D eigenvalue weighted by molar-refractivity contribution is 5.71. The molecule has 0 amide bonds. The molecule has 0 aliphatic carbocycles. The summed E-state index contributed by atoms with van der Waals surface area (Å²) in [5.41, 5.74) is 1.37. The summed E-state index contributed by atoms with van der Waals surface area (Å²) in [6, 6.07) is 9.55. The number of nitrogens with zero attached hydrogens (tertiary/aromatic N) is 2. The van der Waals surface area contributed by atoms with Crippen LogP contribution in [0.4, 0.5) is 5.69 Å². The average Bonchev–Trinajstić information content (AvgIpc) is 2.35. The number of rotatable bonds is 5. The van der Waals surface area contributed by atoms with E-state index in [0.29, 0.717) is 12.1 Å². The molecule has 0 spiro atoms. The largest absolute Gasteiger partial charge is 0.481 e. The molecule has 0 aromatic heterocycles. The molecule has 0 aliphatic rings. The van der Waals surface area contributed by atoms with Crippen molar-refractivity contribution in [1.82, 2.24) is 0 Å². The lowest BCUT2D eigenvalue weighted by Gasteiger charge is -2.31. The zero-order chi connectivity index (χ0) is 13.7. The van der Waals surface area contributed by atoms with E-state index in [1.807, 2.05) is 30.9 Å². The summed E-state index contributed by atoms with van der Waals surface area (Å²) in [6.07, 6.45) is 0.